The number of urea groups is 1. The Morgan fingerprint density at radius 3 is 2.48 bits per heavy atom. The molecule has 4 nitrogen and oxygen atoms in total. The first-order valence-electron chi connectivity index (χ1n) is 9.56. The summed E-state index contributed by atoms with van der Waals surface area (Å²) in [7, 11) is 1.91. The van der Waals surface area contributed by atoms with Crippen molar-refractivity contribution in [2.75, 3.05) is 25.5 Å². The number of rotatable bonds is 3. The molecular formula is C20H30ClN3O. The van der Waals surface area contributed by atoms with Crippen molar-refractivity contribution >= 4 is 23.3 Å². The molecule has 1 aromatic rings. The van der Waals surface area contributed by atoms with Crippen molar-refractivity contribution in [1.29, 1.82) is 0 Å². The van der Waals surface area contributed by atoms with Gasteiger partial charge >= 0.3 is 6.03 Å². The molecular weight excluding hydrogens is 334 g/mol. The number of benzene rings is 1. The minimum Gasteiger partial charge on any atom is -0.325 e. The monoisotopic (exact) mass is 363 g/mol. The van der Waals surface area contributed by atoms with Gasteiger partial charge in [-0.05, 0) is 62.6 Å². The molecule has 0 spiro atoms. The molecule has 1 aromatic carbocycles. The van der Waals surface area contributed by atoms with Gasteiger partial charge < -0.3 is 15.1 Å². The smallest absolute Gasteiger partial charge is 0.321 e. The van der Waals surface area contributed by atoms with Crippen molar-refractivity contribution in [3.8, 4) is 0 Å². The van der Waals surface area contributed by atoms with Crippen LogP contribution in [0.2, 0.25) is 5.02 Å². The zero-order valence-electron chi connectivity index (χ0n) is 15.4. The van der Waals surface area contributed by atoms with E-state index in [-0.39, 0.29) is 6.03 Å². The Morgan fingerprint density at radius 1 is 1.16 bits per heavy atom. The van der Waals surface area contributed by atoms with Gasteiger partial charge in [-0.1, -0.05) is 24.6 Å². The zero-order valence-corrected chi connectivity index (χ0v) is 16.1. The van der Waals surface area contributed by atoms with Crippen LogP contribution in [0.5, 0.6) is 0 Å². The lowest BCUT2D eigenvalue weighted by Crippen LogP contribution is -2.50. The summed E-state index contributed by atoms with van der Waals surface area (Å²) < 4.78 is 0. The minimum atomic E-state index is -0.0489. The van der Waals surface area contributed by atoms with Crippen LogP contribution < -0.4 is 5.32 Å². The average molecular weight is 364 g/mol. The highest BCUT2D eigenvalue weighted by Crippen LogP contribution is 2.29. The average Bonchev–Trinajstić information content (AvgIpc) is 2.62. The maximum Gasteiger partial charge on any atom is 0.321 e. The lowest BCUT2D eigenvalue weighted by atomic mass is 9.85. The summed E-state index contributed by atoms with van der Waals surface area (Å²) in [6.45, 7) is 4.59. The molecule has 2 amide bonds. The van der Waals surface area contributed by atoms with E-state index >= 15 is 0 Å². The maximum atomic E-state index is 12.5. The Balaban J connectivity index is 1.47. The fraction of sp³-hybridized carbons (Fsp3) is 0.650. The predicted octanol–water partition coefficient (Wildman–Crippen LogP) is 4.85. The van der Waals surface area contributed by atoms with Crippen LogP contribution in [-0.2, 0) is 0 Å². The number of hydrogen-bond donors (Lipinski definition) is 1. The van der Waals surface area contributed by atoms with E-state index in [2.05, 4.69) is 17.1 Å². The first kappa shape index (κ1) is 18.5. The van der Waals surface area contributed by atoms with Gasteiger partial charge in [-0.25, -0.2) is 4.79 Å². The van der Waals surface area contributed by atoms with Gasteiger partial charge in [-0.3, -0.25) is 0 Å². The third kappa shape index (κ3) is 4.89. The fourth-order valence-electron chi connectivity index (χ4n) is 4.19. The topological polar surface area (TPSA) is 35.6 Å². The SMILES string of the molecule is CC1CCC(N2CCC(N(C)C(=O)Nc3cccc(Cl)c3)CC2)CC1. The van der Waals surface area contributed by atoms with E-state index in [0.29, 0.717) is 11.1 Å². The number of carbonyl (C=O) groups is 1. The lowest BCUT2D eigenvalue weighted by molar-refractivity contribution is 0.0844. The highest BCUT2D eigenvalue weighted by Gasteiger charge is 2.30. The van der Waals surface area contributed by atoms with Crippen LogP contribution in [0.1, 0.15) is 45.4 Å². The van der Waals surface area contributed by atoms with E-state index < -0.39 is 0 Å². The van der Waals surface area contributed by atoms with E-state index in [1.165, 1.54) is 25.7 Å². The molecule has 2 aliphatic rings. The van der Waals surface area contributed by atoms with Crippen molar-refractivity contribution in [3.63, 3.8) is 0 Å². The summed E-state index contributed by atoms with van der Waals surface area (Å²) in [6.07, 6.45) is 7.55. The highest BCUT2D eigenvalue weighted by atomic mass is 35.5. The number of amides is 2. The van der Waals surface area contributed by atoms with Gasteiger partial charge in [-0.15, -0.1) is 0 Å². The van der Waals surface area contributed by atoms with Gasteiger partial charge in [0.05, 0.1) is 0 Å². The van der Waals surface area contributed by atoms with E-state index in [1.807, 2.05) is 30.1 Å². The number of likely N-dealkylation sites (tertiary alicyclic amines) is 1. The third-order valence-corrected chi connectivity index (χ3v) is 6.18. The first-order valence-corrected chi connectivity index (χ1v) is 9.94. The summed E-state index contributed by atoms with van der Waals surface area (Å²) in [5.74, 6) is 0.898. The van der Waals surface area contributed by atoms with Gasteiger partial charge in [0, 0.05) is 42.9 Å². The van der Waals surface area contributed by atoms with Crippen molar-refractivity contribution < 1.29 is 4.79 Å². The second kappa shape index (κ2) is 8.41. The zero-order chi connectivity index (χ0) is 17.8. The minimum absolute atomic E-state index is 0.0489. The normalized spacial score (nSPS) is 25.6. The molecule has 138 valence electrons. The fourth-order valence-corrected chi connectivity index (χ4v) is 4.38. The molecule has 3 rings (SSSR count). The van der Waals surface area contributed by atoms with Crippen LogP contribution in [0.15, 0.2) is 24.3 Å². The number of hydrogen-bond acceptors (Lipinski definition) is 2. The molecule has 2 fully saturated rings. The summed E-state index contributed by atoms with van der Waals surface area (Å²) in [5.41, 5.74) is 0.748. The highest BCUT2D eigenvalue weighted by molar-refractivity contribution is 6.30. The maximum absolute atomic E-state index is 12.5. The molecule has 0 atom stereocenters. The molecule has 1 heterocycles. The summed E-state index contributed by atoms with van der Waals surface area (Å²) in [6, 6.07) is 8.34. The van der Waals surface area contributed by atoms with E-state index in [9.17, 15) is 4.79 Å². The number of carbonyl (C=O) groups excluding carboxylic acids is 1. The number of piperidine rings is 1. The Bertz CT molecular complexity index is 578. The van der Waals surface area contributed by atoms with Crippen molar-refractivity contribution in [2.45, 2.75) is 57.5 Å². The van der Waals surface area contributed by atoms with Crippen molar-refractivity contribution in [2.24, 2.45) is 5.92 Å². The van der Waals surface area contributed by atoms with E-state index in [4.69, 9.17) is 11.6 Å². The first-order chi connectivity index (χ1) is 12.0. The number of nitrogens with zero attached hydrogens (tertiary/aromatic N) is 2. The van der Waals surface area contributed by atoms with Crippen LogP contribution in [0.25, 0.3) is 0 Å². The van der Waals surface area contributed by atoms with Crippen LogP contribution in [0, 0.1) is 5.92 Å². The number of nitrogens with one attached hydrogen (secondary N) is 1. The summed E-state index contributed by atoms with van der Waals surface area (Å²) in [5, 5.41) is 3.58. The molecule has 1 aliphatic heterocycles. The number of anilines is 1. The van der Waals surface area contributed by atoms with Gasteiger partial charge in [0.25, 0.3) is 0 Å². The van der Waals surface area contributed by atoms with Crippen molar-refractivity contribution in [3.05, 3.63) is 29.3 Å². The van der Waals surface area contributed by atoms with Crippen LogP contribution in [0.3, 0.4) is 0 Å². The van der Waals surface area contributed by atoms with Crippen LogP contribution >= 0.6 is 11.6 Å². The number of halogens is 1. The molecule has 0 bridgehead atoms. The third-order valence-electron chi connectivity index (χ3n) is 5.94. The van der Waals surface area contributed by atoms with Gasteiger partial charge in [0.1, 0.15) is 0 Å². The lowest BCUT2D eigenvalue weighted by Gasteiger charge is -2.42. The molecule has 25 heavy (non-hydrogen) atoms. The standard InChI is InChI=1S/C20H30ClN3O/c1-15-6-8-19(9-7-15)24-12-10-18(11-13-24)23(2)20(25)22-17-5-3-4-16(21)14-17/h3-5,14-15,18-19H,6-13H2,1-2H3,(H,22,25). The molecule has 1 saturated heterocycles. The Morgan fingerprint density at radius 2 is 1.84 bits per heavy atom. The van der Waals surface area contributed by atoms with Crippen molar-refractivity contribution in [1.82, 2.24) is 9.80 Å². The summed E-state index contributed by atoms with van der Waals surface area (Å²) in [4.78, 5) is 17.0. The molecule has 1 aliphatic carbocycles. The van der Waals surface area contributed by atoms with Gasteiger partial charge in [-0.2, -0.15) is 0 Å². The molecule has 0 aromatic heterocycles. The second-order valence-electron chi connectivity index (χ2n) is 7.73. The van der Waals surface area contributed by atoms with E-state index in [1.54, 1.807) is 6.07 Å². The van der Waals surface area contributed by atoms with E-state index in [0.717, 1.165) is 43.6 Å². The molecule has 0 radical (unpaired) electrons. The van der Waals surface area contributed by atoms with Gasteiger partial charge in [0.15, 0.2) is 0 Å². The molecule has 1 N–H and O–H groups in total. The second-order valence-corrected chi connectivity index (χ2v) is 8.17. The predicted molar refractivity (Wildman–Crippen MR) is 104 cm³/mol. The Labute approximate surface area is 156 Å². The van der Waals surface area contributed by atoms with Gasteiger partial charge in [0.2, 0.25) is 0 Å². The largest absolute Gasteiger partial charge is 0.325 e. The molecule has 0 unspecified atom stereocenters. The Kier molecular flexibility index (Phi) is 6.24. The summed E-state index contributed by atoms with van der Waals surface area (Å²) >= 11 is 5.98. The molecule has 5 heteroatoms. The Hall–Kier alpha value is -1.26. The quantitative estimate of drug-likeness (QED) is 0.833. The van der Waals surface area contributed by atoms with Crippen LogP contribution in [0.4, 0.5) is 10.5 Å². The molecule has 1 saturated carbocycles. The van der Waals surface area contributed by atoms with Crippen LogP contribution in [-0.4, -0.2) is 48.1 Å².